The number of carbonyl (C=O) groups excluding carboxylic acids is 2. The summed E-state index contributed by atoms with van der Waals surface area (Å²) in [7, 11) is 0. The Balaban J connectivity index is 1.49. The van der Waals surface area contributed by atoms with Gasteiger partial charge in [0, 0.05) is 23.9 Å². The lowest BCUT2D eigenvalue weighted by Gasteiger charge is -2.14. The molecule has 0 spiro atoms. The number of hydrogen-bond acceptors (Lipinski definition) is 8. The number of quaternary nitrogens is 2. The highest BCUT2D eigenvalue weighted by Crippen LogP contribution is 2.14. The largest absolute Gasteiger partial charge is 0.595 e. The molecule has 2 atom stereocenters. The Labute approximate surface area is 193 Å². The van der Waals surface area contributed by atoms with Crippen LogP contribution in [-0.2, 0) is 4.79 Å². The van der Waals surface area contributed by atoms with Crippen LogP contribution < -0.4 is 25.9 Å². The van der Waals surface area contributed by atoms with Crippen molar-refractivity contribution in [1.82, 2.24) is 5.43 Å². The molecule has 0 heterocycles. The molecule has 0 aliphatic carbocycles. The summed E-state index contributed by atoms with van der Waals surface area (Å²) in [6.07, 6.45) is 1.37. The van der Waals surface area contributed by atoms with E-state index in [0.717, 1.165) is 0 Å². The van der Waals surface area contributed by atoms with E-state index in [9.17, 15) is 20.0 Å². The van der Waals surface area contributed by atoms with Gasteiger partial charge >= 0.3 is 0 Å². The molecule has 2 unspecified atom stereocenters. The topological polar surface area (TPSA) is 175 Å². The summed E-state index contributed by atoms with van der Waals surface area (Å²) in [4.78, 5) is 24.2. The Morgan fingerprint density at radius 3 is 2.41 bits per heavy atom. The minimum Gasteiger partial charge on any atom is -0.595 e. The van der Waals surface area contributed by atoms with Gasteiger partial charge in [-0.2, -0.15) is 15.6 Å². The van der Waals surface area contributed by atoms with Gasteiger partial charge in [0.25, 0.3) is 11.8 Å². The third kappa shape index (κ3) is 6.91. The van der Waals surface area contributed by atoms with Crippen LogP contribution in [0.1, 0.15) is 15.9 Å². The molecule has 2 amide bonds. The maximum absolute atomic E-state index is 12.2. The summed E-state index contributed by atoms with van der Waals surface area (Å²) in [5.41, 5.74) is 3.15. The number of anilines is 1. The van der Waals surface area contributed by atoms with Gasteiger partial charge in [0.15, 0.2) is 18.0 Å². The molecular weight excluding hydrogens is 446 g/mol. The fraction of sp³-hybridized carbons (Fsp3) is 0.0455. The van der Waals surface area contributed by atoms with E-state index in [1.54, 1.807) is 36.4 Å². The van der Waals surface area contributed by atoms with Gasteiger partial charge in [-0.25, -0.2) is 15.8 Å². The summed E-state index contributed by atoms with van der Waals surface area (Å²) < 4.78 is 5.41. The van der Waals surface area contributed by atoms with Crippen LogP contribution in [0.3, 0.4) is 0 Å². The van der Waals surface area contributed by atoms with Crippen molar-refractivity contribution in [2.24, 2.45) is 5.10 Å². The number of nitrogens with one attached hydrogen (secondary N) is 4. The summed E-state index contributed by atoms with van der Waals surface area (Å²) in [6.45, 7) is -0.288. The van der Waals surface area contributed by atoms with Crippen molar-refractivity contribution in [3.05, 3.63) is 94.3 Å². The van der Waals surface area contributed by atoms with E-state index >= 15 is 0 Å². The fourth-order valence-electron chi connectivity index (χ4n) is 2.82. The van der Waals surface area contributed by atoms with Crippen LogP contribution >= 0.6 is 0 Å². The van der Waals surface area contributed by atoms with Gasteiger partial charge in [-0.1, -0.05) is 18.2 Å². The molecule has 12 nitrogen and oxygen atoms in total. The molecule has 0 aliphatic heterocycles. The summed E-state index contributed by atoms with van der Waals surface area (Å²) >= 11 is 0. The van der Waals surface area contributed by atoms with E-state index in [1.807, 2.05) is 0 Å². The Morgan fingerprint density at radius 1 is 0.971 bits per heavy atom. The number of amides is 2. The van der Waals surface area contributed by atoms with E-state index < -0.39 is 22.3 Å². The molecule has 0 fully saturated rings. The maximum atomic E-state index is 12.2. The second kappa shape index (κ2) is 11.6. The average molecular weight is 467 g/mol. The van der Waals surface area contributed by atoms with Crippen LogP contribution in [0, 0.1) is 10.4 Å². The molecule has 34 heavy (non-hydrogen) atoms. The van der Waals surface area contributed by atoms with Crippen molar-refractivity contribution in [3.63, 3.8) is 0 Å². The first-order valence-electron chi connectivity index (χ1n) is 9.85. The normalized spacial score (nSPS) is 12.7. The van der Waals surface area contributed by atoms with Crippen molar-refractivity contribution >= 4 is 35.1 Å². The molecule has 0 saturated carbocycles. The number of hydrogen-bond donors (Lipinski definition) is 6. The van der Waals surface area contributed by atoms with Crippen LogP contribution in [0.4, 0.5) is 17.1 Å². The van der Waals surface area contributed by atoms with E-state index in [2.05, 4.69) is 15.8 Å². The lowest BCUT2D eigenvalue weighted by Crippen LogP contribution is -2.99. The average Bonchev–Trinajstić information content (AvgIpc) is 2.83. The van der Waals surface area contributed by atoms with Crippen molar-refractivity contribution in [3.8, 4) is 5.75 Å². The fourth-order valence-corrected chi connectivity index (χ4v) is 2.82. The number of para-hydroxylation sites is 1. The molecule has 3 rings (SSSR count). The number of benzene rings is 3. The quantitative estimate of drug-likeness (QED) is 0.193. The standard InChI is InChI=1S/C22H21N5O7/c28-21(24-16-4-3-5-17(12-16)26(30)31)14-34-18-10-8-15(9-11-18)13-23-25-22(29)19-6-1-2-7-20(19)27(32)33/h1-13,26-27,30,32H,14H2,(H,24,28)(H,25,29)/b23-13+. The smallest absolute Gasteiger partial charge is 0.277 e. The van der Waals surface area contributed by atoms with Crippen molar-refractivity contribution in [2.75, 3.05) is 11.9 Å². The molecule has 12 heteroatoms. The van der Waals surface area contributed by atoms with Gasteiger partial charge in [0.1, 0.15) is 11.3 Å². The van der Waals surface area contributed by atoms with Gasteiger partial charge in [-0.3, -0.25) is 9.59 Å². The third-order valence-electron chi connectivity index (χ3n) is 4.43. The SMILES string of the molecule is O=C(COc1ccc(/C=N/NC(=O)c2ccccc2[NH+]([O-])O)cc1)Nc1cccc([NH+]([O-])O)c1. The predicted octanol–water partition coefficient (Wildman–Crippen LogP) is 0.275. The summed E-state index contributed by atoms with van der Waals surface area (Å²) in [6, 6.07) is 18.1. The Bertz CT molecular complexity index is 1170. The molecule has 0 radical (unpaired) electrons. The highest BCUT2D eigenvalue weighted by Gasteiger charge is 2.15. The van der Waals surface area contributed by atoms with Crippen molar-refractivity contribution in [2.45, 2.75) is 0 Å². The van der Waals surface area contributed by atoms with Crippen LogP contribution in [0.15, 0.2) is 77.9 Å². The Morgan fingerprint density at radius 2 is 1.71 bits per heavy atom. The minimum atomic E-state index is -1.22. The zero-order chi connectivity index (χ0) is 24.5. The Kier molecular flexibility index (Phi) is 8.37. The first kappa shape index (κ1) is 24.5. The molecule has 0 bridgehead atoms. The highest BCUT2D eigenvalue weighted by molar-refractivity contribution is 5.98. The molecule has 0 saturated heterocycles. The summed E-state index contributed by atoms with van der Waals surface area (Å²) in [5.74, 6) is -0.711. The molecule has 6 N–H and O–H groups in total. The van der Waals surface area contributed by atoms with Crippen molar-refractivity contribution < 1.29 is 35.2 Å². The Hall–Kier alpha value is -4.17. The number of ether oxygens (including phenoxy) is 1. The van der Waals surface area contributed by atoms with Crippen molar-refractivity contribution in [1.29, 1.82) is 0 Å². The highest BCUT2D eigenvalue weighted by atomic mass is 16.8. The van der Waals surface area contributed by atoms with Gasteiger partial charge in [-0.15, -0.1) is 0 Å². The second-order valence-corrected chi connectivity index (χ2v) is 6.84. The monoisotopic (exact) mass is 467 g/mol. The third-order valence-corrected chi connectivity index (χ3v) is 4.43. The number of rotatable bonds is 9. The van der Waals surface area contributed by atoms with Gasteiger partial charge in [0.05, 0.1) is 6.21 Å². The van der Waals surface area contributed by atoms with Gasteiger partial charge in [-0.05, 0) is 42.0 Å². The van der Waals surface area contributed by atoms with Gasteiger partial charge < -0.3 is 20.5 Å². The first-order valence-corrected chi connectivity index (χ1v) is 9.85. The number of nitrogens with zero attached hydrogens (tertiary/aromatic N) is 1. The van der Waals surface area contributed by atoms with Crippen LogP contribution in [0.2, 0.25) is 0 Å². The molecular formula is C22H21N5O7. The van der Waals surface area contributed by atoms with E-state index in [1.165, 1.54) is 42.6 Å². The lowest BCUT2D eigenvalue weighted by atomic mass is 10.2. The number of carbonyl (C=O) groups is 2. The molecule has 0 aromatic heterocycles. The van der Waals surface area contributed by atoms with E-state index in [0.29, 0.717) is 17.0 Å². The summed E-state index contributed by atoms with van der Waals surface area (Å²) in [5, 5.41) is 44.4. The van der Waals surface area contributed by atoms with Crippen LogP contribution in [0.5, 0.6) is 5.75 Å². The minimum absolute atomic E-state index is 0.0103. The maximum Gasteiger partial charge on any atom is 0.277 e. The van der Waals surface area contributed by atoms with E-state index in [4.69, 9.17) is 15.2 Å². The van der Waals surface area contributed by atoms with Crippen LogP contribution in [-0.4, -0.2) is 35.1 Å². The molecule has 176 valence electrons. The van der Waals surface area contributed by atoms with Crippen LogP contribution in [0.25, 0.3) is 0 Å². The second-order valence-electron chi connectivity index (χ2n) is 6.84. The lowest BCUT2D eigenvalue weighted by molar-refractivity contribution is -0.991. The zero-order valence-corrected chi connectivity index (χ0v) is 17.6. The first-order chi connectivity index (χ1) is 16.3. The van der Waals surface area contributed by atoms with E-state index in [-0.39, 0.29) is 23.5 Å². The molecule has 3 aromatic carbocycles. The molecule has 0 aliphatic rings. The predicted molar refractivity (Wildman–Crippen MR) is 120 cm³/mol. The molecule has 3 aromatic rings. The number of hydrazone groups is 1. The zero-order valence-electron chi connectivity index (χ0n) is 17.6. The van der Waals surface area contributed by atoms with Gasteiger partial charge in [0.2, 0.25) is 0 Å².